The van der Waals surface area contributed by atoms with E-state index in [0.717, 1.165) is 14.7 Å². The van der Waals surface area contributed by atoms with Crippen LogP contribution in [0.25, 0.3) is 0 Å². The van der Waals surface area contributed by atoms with Crippen LogP contribution in [0, 0.1) is 3.57 Å². The molecular formula is C33H36ClIN4O8. The molecule has 0 saturated carbocycles. The number of amides is 2. The predicted molar refractivity (Wildman–Crippen MR) is 185 cm³/mol. The topological polar surface area (TPSA) is 149 Å². The number of aliphatic hydroxyl groups excluding tert-OH is 1. The Bertz CT molecular complexity index is 1650. The first kappa shape index (κ1) is 35.6. The smallest absolute Gasteiger partial charge is 0.337 e. The third-order valence-corrected chi connectivity index (χ3v) is 7.75. The lowest BCUT2D eigenvalue weighted by Crippen LogP contribution is -2.45. The van der Waals surface area contributed by atoms with E-state index < -0.39 is 24.3 Å². The predicted octanol–water partition coefficient (Wildman–Crippen LogP) is 5.44. The van der Waals surface area contributed by atoms with Crippen molar-refractivity contribution in [3.05, 3.63) is 91.2 Å². The van der Waals surface area contributed by atoms with Gasteiger partial charge in [-0.1, -0.05) is 29.8 Å². The number of ether oxygens (including phenoxy) is 5. The lowest BCUT2D eigenvalue weighted by Gasteiger charge is -2.28. The Morgan fingerprint density at radius 2 is 1.83 bits per heavy atom. The molecule has 0 fully saturated rings. The molecule has 0 aromatic heterocycles. The molecule has 1 aliphatic heterocycles. The highest BCUT2D eigenvalue weighted by Crippen LogP contribution is 2.36. The lowest BCUT2D eigenvalue weighted by molar-refractivity contribution is -0.136. The van der Waals surface area contributed by atoms with Crippen molar-refractivity contribution in [1.82, 2.24) is 16.1 Å². The first-order chi connectivity index (χ1) is 22.6. The number of hydrogen-bond acceptors (Lipinski definition) is 10. The van der Waals surface area contributed by atoms with E-state index in [1.807, 2.05) is 44.2 Å². The molecule has 0 bridgehead atoms. The van der Waals surface area contributed by atoms with Gasteiger partial charge in [-0.2, -0.15) is 5.10 Å². The third-order valence-electron chi connectivity index (χ3n) is 6.71. The summed E-state index contributed by atoms with van der Waals surface area (Å²) in [6, 6.07) is 14.9. The average Bonchev–Trinajstić information content (AvgIpc) is 3.03. The molecule has 1 aliphatic rings. The second-order valence-electron chi connectivity index (χ2n) is 10.1. The quantitative estimate of drug-likeness (QED) is 0.0521. The van der Waals surface area contributed by atoms with Crippen LogP contribution in [0.1, 0.15) is 43.5 Å². The highest BCUT2D eigenvalue weighted by atomic mass is 127. The third kappa shape index (κ3) is 9.65. The molecular weight excluding hydrogens is 743 g/mol. The second-order valence-corrected chi connectivity index (χ2v) is 11.7. The van der Waals surface area contributed by atoms with Gasteiger partial charge < -0.3 is 39.4 Å². The van der Waals surface area contributed by atoms with Gasteiger partial charge in [-0.15, -0.1) is 0 Å². The summed E-state index contributed by atoms with van der Waals surface area (Å²) >= 11 is 8.27. The maximum absolute atomic E-state index is 12.5. The van der Waals surface area contributed by atoms with E-state index >= 15 is 0 Å². The van der Waals surface area contributed by atoms with Crippen LogP contribution in [0.5, 0.6) is 23.0 Å². The molecule has 0 saturated heterocycles. The van der Waals surface area contributed by atoms with Crippen molar-refractivity contribution in [3.63, 3.8) is 0 Å². The highest BCUT2D eigenvalue weighted by molar-refractivity contribution is 14.1. The van der Waals surface area contributed by atoms with E-state index in [4.69, 9.17) is 35.3 Å². The Balaban J connectivity index is 1.40. The zero-order valence-corrected chi connectivity index (χ0v) is 29.2. The van der Waals surface area contributed by atoms with Crippen molar-refractivity contribution in [1.29, 1.82) is 0 Å². The molecule has 4 N–H and O–H groups in total. The van der Waals surface area contributed by atoms with Crippen LogP contribution < -0.4 is 35.0 Å². The number of methoxy groups -OCH3 is 1. The Morgan fingerprint density at radius 1 is 1.06 bits per heavy atom. The molecule has 0 unspecified atom stereocenters. The first-order valence-electron chi connectivity index (χ1n) is 14.7. The summed E-state index contributed by atoms with van der Waals surface area (Å²) in [5, 5.41) is 20.7. The van der Waals surface area contributed by atoms with Crippen molar-refractivity contribution >= 4 is 52.4 Å². The SMILES string of the molecule is CCOc1cc([C@@H]2NC(=O)NC(C)=C2C(=O)OC)ccc1OC[C@H](O)N/N=C/c1cc(I)c(OCc2cccc(Cl)c2)c(OCC)c1. The molecule has 0 spiro atoms. The minimum Gasteiger partial charge on any atom is -0.490 e. The molecule has 0 aliphatic carbocycles. The van der Waals surface area contributed by atoms with Crippen molar-refractivity contribution in [2.24, 2.45) is 5.10 Å². The maximum Gasteiger partial charge on any atom is 0.337 e. The molecule has 2 atom stereocenters. The van der Waals surface area contributed by atoms with Crippen LogP contribution in [0.15, 0.2) is 71.0 Å². The standard InChI is InChI=1S/C33H36ClIN4O8/c1-5-44-26-15-22(30-29(32(41)43-4)19(3)37-33(42)38-30)10-11-25(26)46-18-28(40)39-36-16-21-13-24(35)31(27(14-21)45-6-2)47-17-20-8-7-9-23(34)12-20/h7-16,28,30,39-40H,5-6,17-18H2,1-4H3,(H2,37,38,42)/b36-16+/t28-,30-/m0/s1. The maximum atomic E-state index is 12.5. The van der Waals surface area contributed by atoms with Gasteiger partial charge in [0.15, 0.2) is 29.2 Å². The molecule has 14 heteroatoms. The molecule has 2 amide bonds. The Kier molecular flexibility index (Phi) is 13.0. The fourth-order valence-electron chi connectivity index (χ4n) is 4.67. The van der Waals surface area contributed by atoms with E-state index in [1.54, 1.807) is 37.4 Å². The summed E-state index contributed by atoms with van der Waals surface area (Å²) in [5.74, 6) is 1.32. The highest BCUT2D eigenvalue weighted by Gasteiger charge is 2.32. The number of nitrogens with one attached hydrogen (secondary N) is 3. The molecule has 250 valence electrons. The van der Waals surface area contributed by atoms with Crippen molar-refractivity contribution in [3.8, 4) is 23.0 Å². The van der Waals surface area contributed by atoms with E-state index in [2.05, 4.69) is 43.8 Å². The summed E-state index contributed by atoms with van der Waals surface area (Å²) in [6.07, 6.45) is 0.392. The van der Waals surface area contributed by atoms with Gasteiger partial charge in [-0.3, -0.25) is 5.43 Å². The van der Waals surface area contributed by atoms with Crippen LogP contribution in [0.3, 0.4) is 0 Å². The minimum absolute atomic E-state index is 0.161. The fraction of sp³-hybridized carbons (Fsp3) is 0.303. The minimum atomic E-state index is -1.16. The molecule has 4 rings (SSSR count). The number of aliphatic hydroxyl groups is 1. The Morgan fingerprint density at radius 3 is 2.55 bits per heavy atom. The van der Waals surface area contributed by atoms with Crippen molar-refractivity contribution in [2.45, 2.75) is 39.6 Å². The van der Waals surface area contributed by atoms with Gasteiger partial charge in [0.05, 0.1) is 41.7 Å². The molecule has 0 radical (unpaired) electrons. The molecule has 1 heterocycles. The van der Waals surface area contributed by atoms with Gasteiger partial charge in [0.2, 0.25) is 0 Å². The van der Waals surface area contributed by atoms with Gasteiger partial charge in [0, 0.05) is 10.7 Å². The number of hydrazone groups is 1. The van der Waals surface area contributed by atoms with Crippen LogP contribution in [0.2, 0.25) is 5.02 Å². The van der Waals surface area contributed by atoms with E-state index in [1.165, 1.54) is 7.11 Å². The van der Waals surface area contributed by atoms with Gasteiger partial charge in [-0.25, -0.2) is 9.59 Å². The largest absolute Gasteiger partial charge is 0.490 e. The summed E-state index contributed by atoms with van der Waals surface area (Å²) in [4.78, 5) is 24.7. The number of urea groups is 1. The van der Waals surface area contributed by atoms with Crippen LogP contribution >= 0.6 is 34.2 Å². The van der Waals surface area contributed by atoms with E-state index in [-0.39, 0.29) is 12.2 Å². The van der Waals surface area contributed by atoms with Gasteiger partial charge in [0.1, 0.15) is 13.2 Å². The van der Waals surface area contributed by atoms with Crippen LogP contribution in [0.4, 0.5) is 4.79 Å². The number of esters is 1. The summed E-state index contributed by atoms with van der Waals surface area (Å²) in [6.45, 7) is 6.26. The fourth-order valence-corrected chi connectivity index (χ4v) is 5.66. The Labute approximate surface area is 291 Å². The van der Waals surface area contributed by atoms with E-state index in [9.17, 15) is 14.7 Å². The monoisotopic (exact) mass is 778 g/mol. The molecule has 3 aromatic rings. The summed E-state index contributed by atoms with van der Waals surface area (Å²) in [7, 11) is 1.27. The average molecular weight is 779 g/mol. The van der Waals surface area contributed by atoms with E-state index in [0.29, 0.717) is 59.1 Å². The van der Waals surface area contributed by atoms with Gasteiger partial charge in [0.25, 0.3) is 0 Å². The zero-order valence-electron chi connectivity index (χ0n) is 26.3. The van der Waals surface area contributed by atoms with Crippen LogP contribution in [-0.4, -0.2) is 56.5 Å². The van der Waals surface area contributed by atoms with Crippen molar-refractivity contribution in [2.75, 3.05) is 26.9 Å². The van der Waals surface area contributed by atoms with Gasteiger partial charge in [-0.05, 0) is 96.5 Å². The first-order valence-corrected chi connectivity index (χ1v) is 16.1. The number of carbonyl (C=O) groups excluding carboxylic acids is 2. The second kappa shape index (κ2) is 17.1. The van der Waals surface area contributed by atoms with Crippen LogP contribution in [-0.2, 0) is 16.1 Å². The Hall–Kier alpha value is -4.21. The number of benzene rings is 3. The van der Waals surface area contributed by atoms with Gasteiger partial charge >= 0.3 is 12.0 Å². The molecule has 3 aromatic carbocycles. The molecule has 47 heavy (non-hydrogen) atoms. The molecule has 12 nitrogen and oxygen atoms in total. The number of hydrogen-bond donors (Lipinski definition) is 4. The number of nitrogens with zero attached hydrogens (tertiary/aromatic N) is 1. The van der Waals surface area contributed by atoms with Crippen molar-refractivity contribution < 1.29 is 38.4 Å². The number of allylic oxidation sites excluding steroid dienone is 1. The number of carbonyl (C=O) groups is 2. The number of halogens is 2. The lowest BCUT2D eigenvalue weighted by atomic mass is 9.95. The summed E-state index contributed by atoms with van der Waals surface area (Å²) < 4.78 is 29.2. The summed E-state index contributed by atoms with van der Waals surface area (Å²) in [5.41, 5.74) is 5.55. The zero-order chi connectivity index (χ0) is 33.9. The normalized spacial score (nSPS) is 15.0. The number of rotatable bonds is 15.